The van der Waals surface area contributed by atoms with Gasteiger partial charge in [0.05, 0.1) is 12.8 Å². The Morgan fingerprint density at radius 3 is 2.41 bits per heavy atom. The molecule has 1 aromatic heterocycles. The Hall–Kier alpha value is -1.95. The second-order valence-corrected chi connectivity index (χ2v) is 15.4. The van der Waals surface area contributed by atoms with E-state index in [-0.39, 0.29) is 39.3 Å². The number of hydrogen-bond acceptors (Lipinski definition) is 6. The minimum Gasteiger partial charge on any atom is -0.465 e. The third-order valence-electron chi connectivity index (χ3n) is 12.5. The molecule has 6 heteroatoms. The highest BCUT2D eigenvalue weighted by Gasteiger charge is 2.68. The molecule has 4 aliphatic rings. The lowest BCUT2D eigenvalue weighted by Crippen LogP contribution is -2.66. The van der Waals surface area contributed by atoms with Gasteiger partial charge in [-0.3, -0.25) is 9.59 Å². The number of ether oxygens (including phenoxy) is 1. The average molecular weight is 540 g/mol. The van der Waals surface area contributed by atoms with Crippen LogP contribution in [0.4, 0.5) is 0 Å². The molecule has 1 aromatic rings. The normalized spacial score (nSPS) is 43.7. The molecule has 2 saturated carbocycles. The summed E-state index contributed by atoms with van der Waals surface area (Å²) in [7, 11) is 0. The highest BCUT2D eigenvalue weighted by Crippen LogP contribution is 2.71. The fourth-order valence-corrected chi connectivity index (χ4v) is 9.25. The molecule has 0 spiro atoms. The van der Waals surface area contributed by atoms with Crippen molar-refractivity contribution in [2.75, 3.05) is 6.61 Å². The summed E-state index contributed by atoms with van der Waals surface area (Å²) in [5.41, 5.74) is -0.549. The summed E-state index contributed by atoms with van der Waals surface area (Å²) in [6.07, 6.45) is 11.1. The van der Waals surface area contributed by atoms with Crippen molar-refractivity contribution < 1.29 is 24.0 Å². The van der Waals surface area contributed by atoms with Crippen molar-refractivity contribution in [3.63, 3.8) is 0 Å². The van der Waals surface area contributed by atoms with Crippen molar-refractivity contribution in [1.82, 2.24) is 5.16 Å². The van der Waals surface area contributed by atoms with Crippen molar-refractivity contribution in [2.24, 2.45) is 33.0 Å². The zero-order chi connectivity index (χ0) is 28.6. The molecule has 0 saturated heterocycles. The number of carbonyl (C=O) groups excluding carboxylic acids is 2. The van der Waals surface area contributed by atoms with Crippen molar-refractivity contribution in [1.29, 1.82) is 0 Å². The predicted octanol–water partition coefficient (Wildman–Crippen LogP) is 6.95. The van der Waals surface area contributed by atoms with E-state index in [4.69, 9.17) is 9.26 Å². The Labute approximate surface area is 234 Å². The highest BCUT2D eigenvalue weighted by molar-refractivity contribution is 6.00. The molecule has 1 N–H and O–H groups in total. The SMILES string of the molecule is CC(=O)OC[C@@]1(C)CCC(C)(C)CC[C@@]2(O)C(=O)C=C3[C@@]4(C)Cc5cnoc5[C@@H](C)[C@@H]4CC[C@@]3(C)[C@]2(C)CC1. The second kappa shape index (κ2) is 9.03. The van der Waals surface area contributed by atoms with Gasteiger partial charge in [-0.1, -0.05) is 59.2 Å². The van der Waals surface area contributed by atoms with Crippen molar-refractivity contribution >= 4 is 11.8 Å². The molecule has 6 nitrogen and oxygen atoms in total. The number of aromatic nitrogens is 1. The number of aliphatic hydroxyl groups is 1. The zero-order valence-corrected chi connectivity index (χ0v) is 25.4. The van der Waals surface area contributed by atoms with Gasteiger partial charge in [-0.15, -0.1) is 0 Å². The van der Waals surface area contributed by atoms with Gasteiger partial charge >= 0.3 is 5.97 Å². The van der Waals surface area contributed by atoms with Gasteiger partial charge in [0, 0.05) is 29.2 Å². The maximum atomic E-state index is 14.3. The van der Waals surface area contributed by atoms with E-state index in [0.29, 0.717) is 25.4 Å². The Bertz CT molecular complexity index is 1200. The van der Waals surface area contributed by atoms with E-state index in [2.05, 4.69) is 53.6 Å². The minimum atomic E-state index is -1.44. The first kappa shape index (κ1) is 28.6. The first-order chi connectivity index (χ1) is 18.0. The molecule has 39 heavy (non-hydrogen) atoms. The van der Waals surface area contributed by atoms with Gasteiger partial charge in [-0.05, 0) is 86.0 Å². The Kier molecular flexibility index (Phi) is 6.61. The van der Waals surface area contributed by atoms with Crippen LogP contribution < -0.4 is 0 Å². The molecule has 216 valence electrons. The number of allylic oxidation sites excluding steroid dienone is 1. The summed E-state index contributed by atoms with van der Waals surface area (Å²) in [6, 6.07) is 0. The van der Waals surface area contributed by atoms with Gasteiger partial charge < -0.3 is 14.4 Å². The topological polar surface area (TPSA) is 89.6 Å². The molecule has 0 radical (unpaired) electrons. The molecule has 0 amide bonds. The van der Waals surface area contributed by atoms with Crippen LogP contribution in [0.25, 0.3) is 0 Å². The number of ketones is 1. The van der Waals surface area contributed by atoms with Gasteiger partial charge in [-0.2, -0.15) is 0 Å². The lowest BCUT2D eigenvalue weighted by molar-refractivity contribution is -0.184. The summed E-state index contributed by atoms with van der Waals surface area (Å²) in [4.78, 5) is 26.1. The maximum absolute atomic E-state index is 14.3. The van der Waals surface area contributed by atoms with Gasteiger partial charge in [0.2, 0.25) is 0 Å². The first-order valence-electron chi connectivity index (χ1n) is 15.1. The third kappa shape index (κ3) is 4.18. The monoisotopic (exact) mass is 539 g/mol. The molecule has 0 bridgehead atoms. The maximum Gasteiger partial charge on any atom is 0.302 e. The molecule has 0 aliphatic heterocycles. The van der Waals surface area contributed by atoms with Crippen LogP contribution in [0.1, 0.15) is 124 Å². The molecule has 7 atom stereocenters. The number of rotatable bonds is 2. The largest absolute Gasteiger partial charge is 0.465 e. The van der Waals surface area contributed by atoms with Crippen LogP contribution in [0.5, 0.6) is 0 Å². The van der Waals surface area contributed by atoms with E-state index in [1.165, 1.54) is 12.5 Å². The molecule has 5 rings (SSSR count). The Balaban J connectivity index is 1.62. The highest BCUT2D eigenvalue weighted by atomic mass is 16.5. The van der Waals surface area contributed by atoms with Gasteiger partial charge in [0.25, 0.3) is 0 Å². The molecule has 2 fully saturated rings. The second-order valence-electron chi connectivity index (χ2n) is 15.4. The molecular weight excluding hydrogens is 490 g/mol. The fraction of sp³-hybridized carbons (Fsp3) is 0.788. The molecule has 4 aliphatic carbocycles. The summed E-state index contributed by atoms with van der Waals surface area (Å²) in [5.74, 6) is 1.20. The number of carbonyl (C=O) groups is 2. The lowest BCUT2D eigenvalue weighted by Gasteiger charge is -2.66. The van der Waals surface area contributed by atoms with Crippen LogP contribution in [0.2, 0.25) is 0 Å². The average Bonchev–Trinajstić information content (AvgIpc) is 3.33. The van der Waals surface area contributed by atoms with E-state index in [1.807, 2.05) is 12.3 Å². The van der Waals surface area contributed by atoms with E-state index >= 15 is 0 Å². The molecule has 1 heterocycles. The van der Waals surface area contributed by atoms with Gasteiger partial charge in [0.15, 0.2) is 5.78 Å². The van der Waals surface area contributed by atoms with Crippen LogP contribution in [-0.2, 0) is 20.7 Å². The third-order valence-corrected chi connectivity index (χ3v) is 12.5. The molecular formula is C33H49NO5. The van der Waals surface area contributed by atoms with Crippen LogP contribution in [0.3, 0.4) is 0 Å². The van der Waals surface area contributed by atoms with Crippen molar-refractivity contribution in [3.8, 4) is 0 Å². The predicted molar refractivity (Wildman–Crippen MR) is 150 cm³/mol. The zero-order valence-electron chi connectivity index (χ0n) is 25.4. The number of fused-ring (bicyclic) bond motifs is 6. The summed E-state index contributed by atoms with van der Waals surface area (Å²) in [6.45, 7) is 17.6. The van der Waals surface area contributed by atoms with Gasteiger partial charge in [-0.25, -0.2) is 0 Å². The Morgan fingerprint density at radius 2 is 1.72 bits per heavy atom. The van der Waals surface area contributed by atoms with E-state index in [1.54, 1.807) is 0 Å². The number of hydrogen-bond donors (Lipinski definition) is 1. The summed E-state index contributed by atoms with van der Waals surface area (Å²) < 4.78 is 11.3. The molecule has 0 unspecified atom stereocenters. The minimum absolute atomic E-state index is 0.0379. The van der Waals surface area contributed by atoms with Gasteiger partial charge in [0.1, 0.15) is 11.4 Å². The number of esters is 1. The first-order valence-corrected chi connectivity index (χ1v) is 15.1. The van der Waals surface area contributed by atoms with Crippen LogP contribution in [0, 0.1) is 33.0 Å². The standard InChI is InChI=1S/C33H49NO5/c1-21-24-9-10-31(7)25(30(24,6)18-23-19-34-39-27(21)23)17-26(36)33(37)16-12-28(3,4)11-13-29(5,20-38-22(2)35)14-15-32(31,33)8/h17,19,21,24,37H,9-16,18,20H2,1-8H3/t21-,24-,29-,30-,31+,32-,33+/m0/s1. The molecule has 0 aromatic carbocycles. The van der Waals surface area contributed by atoms with Crippen LogP contribution in [-0.4, -0.2) is 34.2 Å². The van der Waals surface area contributed by atoms with Crippen molar-refractivity contribution in [3.05, 3.63) is 29.2 Å². The van der Waals surface area contributed by atoms with Crippen LogP contribution >= 0.6 is 0 Å². The fourth-order valence-electron chi connectivity index (χ4n) is 9.25. The van der Waals surface area contributed by atoms with Crippen LogP contribution in [0.15, 0.2) is 22.4 Å². The van der Waals surface area contributed by atoms with E-state index < -0.39 is 11.0 Å². The van der Waals surface area contributed by atoms with E-state index in [0.717, 1.165) is 56.3 Å². The summed E-state index contributed by atoms with van der Waals surface area (Å²) >= 11 is 0. The smallest absolute Gasteiger partial charge is 0.302 e. The van der Waals surface area contributed by atoms with Crippen molar-refractivity contribution in [2.45, 2.75) is 125 Å². The Morgan fingerprint density at radius 1 is 1.05 bits per heavy atom. The van der Waals surface area contributed by atoms with E-state index in [9.17, 15) is 14.7 Å². The summed E-state index contributed by atoms with van der Waals surface area (Å²) in [5, 5.41) is 16.8. The lowest BCUT2D eigenvalue weighted by atomic mass is 9.38. The number of nitrogens with zero attached hydrogens (tertiary/aromatic N) is 1. The quantitative estimate of drug-likeness (QED) is 0.409.